The van der Waals surface area contributed by atoms with Gasteiger partial charge in [-0.2, -0.15) is 0 Å². The van der Waals surface area contributed by atoms with Crippen molar-refractivity contribution in [2.75, 3.05) is 44.7 Å². The number of likely N-dealkylation sites (N-methyl/N-ethyl adjacent to an activating group) is 1. The summed E-state index contributed by atoms with van der Waals surface area (Å²) in [7, 11) is -1.63. The van der Waals surface area contributed by atoms with Gasteiger partial charge in [0.25, 0.3) is 0 Å². The van der Waals surface area contributed by atoms with Crippen molar-refractivity contribution in [2.45, 2.75) is 37.8 Å². The SMILES string of the molecule is CCn1c(Oc2cccc(N3CCN(C)CC3)c2)nnc1[C@@H](C)NS(=O)(=O)c1ccc2c(c1)CCO2. The minimum atomic E-state index is -3.76. The third kappa shape index (κ3) is 5.04. The maximum atomic E-state index is 13.1. The largest absolute Gasteiger partial charge is 0.493 e. The summed E-state index contributed by atoms with van der Waals surface area (Å²) >= 11 is 0. The Bertz CT molecular complexity index is 1330. The lowest BCUT2D eigenvalue weighted by molar-refractivity contribution is 0.312. The summed E-state index contributed by atoms with van der Waals surface area (Å²) in [6, 6.07) is 12.6. The topological polar surface area (TPSA) is 102 Å². The third-order valence-corrected chi connectivity index (χ3v) is 8.19. The van der Waals surface area contributed by atoms with Crippen molar-refractivity contribution in [1.82, 2.24) is 24.4 Å². The van der Waals surface area contributed by atoms with Crippen LogP contribution in [0.3, 0.4) is 0 Å². The molecule has 0 aliphatic carbocycles. The van der Waals surface area contributed by atoms with E-state index in [2.05, 4.69) is 37.8 Å². The molecule has 0 unspecified atom stereocenters. The summed E-state index contributed by atoms with van der Waals surface area (Å²) in [6.07, 6.45) is 0.703. The van der Waals surface area contributed by atoms with Crippen LogP contribution in [0.15, 0.2) is 47.4 Å². The van der Waals surface area contributed by atoms with Gasteiger partial charge in [0.2, 0.25) is 10.0 Å². The predicted octanol–water partition coefficient (Wildman–Crippen LogP) is 2.82. The van der Waals surface area contributed by atoms with Gasteiger partial charge >= 0.3 is 6.01 Å². The van der Waals surface area contributed by atoms with Crippen molar-refractivity contribution >= 4 is 15.7 Å². The van der Waals surface area contributed by atoms with E-state index in [1.165, 1.54) is 0 Å². The molecule has 3 heterocycles. The molecule has 1 N–H and O–H groups in total. The summed E-state index contributed by atoms with van der Waals surface area (Å²) in [5.74, 6) is 1.88. The lowest BCUT2D eigenvalue weighted by Gasteiger charge is -2.34. The van der Waals surface area contributed by atoms with Crippen molar-refractivity contribution in [1.29, 1.82) is 0 Å². The number of rotatable bonds is 8. The lowest BCUT2D eigenvalue weighted by atomic mass is 10.2. The Balaban J connectivity index is 1.32. The molecule has 0 spiro atoms. The van der Waals surface area contributed by atoms with Crippen LogP contribution in [0.4, 0.5) is 5.69 Å². The molecule has 36 heavy (non-hydrogen) atoms. The normalized spacial score (nSPS) is 17.0. The number of benzene rings is 2. The molecule has 0 amide bonds. The van der Waals surface area contributed by atoms with Crippen molar-refractivity contribution in [3.05, 3.63) is 53.9 Å². The number of aromatic nitrogens is 3. The van der Waals surface area contributed by atoms with Crippen molar-refractivity contribution in [2.24, 2.45) is 0 Å². The third-order valence-electron chi connectivity index (χ3n) is 6.65. The van der Waals surface area contributed by atoms with Crippen molar-refractivity contribution in [3.8, 4) is 17.5 Å². The number of hydrogen-bond donors (Lipinski definition) is 1. The zero-order valence-electron chi connectivity index (χ0n) is 20.8. The van der Waals surface area contributed by atoms with Crippen LogP contribution < -0.4 is 19.1 Å². The summed E-state index contributed by atoms with van der Waals surface area (Å²) in [5.41, 5.74) is 2.00. The van der Waals surface area contributed by atoms with E-state index < -0.39 is 16.1 Å². The maximum Gasteiger partial charge on any atom is 0.322 e. The van der Waals surface area contributed by atoms with Crippen LogP contribution >= 0.6 is 0 Å². The first kappa shape index (κ1) is 24.5. The first-order valence-corrected chi connectivity index (χ1v) is 13.7. The molecule has 2 aromatic carbocycles. The number of piperazine rings is 1. The minimum Gasteiger partial charge on any atom is -0.493 e. The molecule has 1 fully saturated rings. The van der Waals surface area contributed by atoms with Gasteiger partial charge < -0.3 is 19.3 Å². The van der Waals surface area contributed by atoms with Gasteiger partial charge in [-0.15, -0.1) is 5.10 Å². The van der Waals surface area contributed by atoms with Crippen LogP contribution in [0, 0.1) is 0 Å². The van der Waals surface area contributed by atoms with E-state index in [-0.39, 0.29) is 4.90 Å². The first-order valence-electron chi connectivity index (χ1n) is 12.3. The molecule has 192 valence electrons. The molecule has 1 atom stereocenters. The summed E-state index contributed by atoms with van der Waals surface area (Å²) in [4.78, 5) is 4.86. The number of fused-ring (bicyclic) bond motifs is 1. The molecule has 1 aromatic heterocycles. The van der Waals surface area contributed by atoms with Gasteiger partial charge in [0.15, 0.2) is 5.82 Å². The van der Waals surface area contributed by atoms with E-state index in [4.69, 9.17) is 9.47 Å². The number of sulfonamides is 1. The second-order valence-corrected chi connectivity index (χ2v) is 10.9. The fourth-order valence-corrected chi connectivity index (χ4v) is 5.84. The second kappa shape index (κ2) is 10.1. The van der Waals surface area contributed by atoms with Gasteiger partial charge in [0, 0.05) is 50.9 Å². The predicted molar refractivity (Wildman–Crippen MR) is 136 cm³/mol. The molecule has 1 saturated heterocycles. The van der Waals surface area contributed by atoms with Crippen LogP contribution in [-0.4, -0.2) is 67.9 Å². The van der Waals surface area contributed by atoms with Gasteiger partial charge in [0.1, 0.15) is 11.5 Å². The van der Waals surface area contributed by atoms with Crippen LogP contribution in [-0.2, 0) is 23.0 Å². The molecule has 11 heteroatoms. The Labute approximate surface area is 211 Å². The number of ether oxygens (including phenoxy) is 2. The fourth-order valence-electron chi connectivity index (χ4n) is 4.59. The molecular weight excluding hydrogens is 480 g/mol. The van der Waals surface area contributed by atoms with Crippen molar-refractivity contribution < 1.29 is 17.9 Å². The van der Waals surface area contributed by atoms with E-state index >= 15 is 0 Å². The number of nitrogens with zero attached hydrogens (tertiary/aromatic N) is 5. The summed E-state index contributed by atoms with van der Waals surface area (Å²) in [5, 5.41) is 8.49. The minimum absolute atomic E-state index is 0.207. The van der Waals surface area contributed by atoms with Crippen LogP contribution in [0.5, 0.6) is 17.5 Å². The molecule has 0 radical (unpaired) electrons. The Hall–Kier alpha value is -3.15. The number of hydrogen-bond acceptors (Lipinski definition) is 8. The Morgan fingerprint density at radius 3 is 2.69 bits per heavy atom. The molecule has 0 saturated carbocycles. The van der Waals surface area contributed by atoms with Crippen LogP contribution in [0.25, 0.3) is 0 Å². The van der Waals surface area contributed by atoms with Crippen LogP contribution in [0.2, 0.25) is 0 Å². The average molecular weight is 513 g/mol. The van der Waals surface area contributed by atoms with Gasteiger partial charge in [0.05, 0.1) is 17.5 Å². The highest BCUT2D eigenvalue weighted by Gasteiger charge is 2.26. The first-order chi connectivity index (χ1) is 17.3. The summed E-state index contributed by atoms with van der Waals surface area (Å²) < 4.78 is 42.3. The molecule has 2 aliphatic heterocycles. The zero-order valence-corrected chi connectivity index (χ0v) is 21.7. The quantitative estimate of drug-likeness (QED) is 0.492. The fraction of sp³-hybridized carbons (Fsp3) is 0.440. The van der Waals surface area contributed by atoms with E-state index in [0.29, 0.717) is 37.2 Å². The molecular formula is C25H32N6O4S. The molecule has 10 nitrogen and oxygen atoms in total. The monoisotopic (exact) mass is 512 g/mol. The second-order valence-electron chi connectivity index (χ2n) is 9.19. The smallest absolute Gasteiger partial charge is 0.322 e. The molecule has 3 aromatic rings. The number of anilines is 1. The van der Waals surface area contributed by atoms with Gasteiger partial charge in [-0.25, -0.2) is 13.1 Å². The van der Waals surface area contributed by atoms with Gasteiger partial charge in [-0.05, 0) is 56.8 Å². The highest BCUT2D eigenvalue weighted by atomic mass is 32.2. The molecule has 5 rings (SSSR count). The van der Waals surface area contributed by atoms with E-state index in [0.717, 1.165) is 43.2 Å². The van der Waals surface area contributed by atoms with E-state index in [1.54, 1.807) is 29.7 Å². The Kier molecular flexibility index (Phi) is 6.87. The van der Waals surface area contributed by atoms with E-state index in [1.807, 2.05) is 25.1 Å². The molecule has 2 aliphatic rings. The highest BCUT2D eigenvalue weighted by Crippen LogP contribution is 2.30. The van der Waals surface area contributed by atoms with Crippen molar-refractivity contribution in [3.63, 3.8) is 0 Å². The zero-order chi connectivity index (χ0) is 25.3. The maximum absolute atomic E-state index is 13.1. The number of nitrogens with one attached hydrogen (secondary N) is 1. The van der Waals surface area contributed by atoms with Crippen LogP contribution in [0.1, 0.15) is 31.3 Å². The van der Waals surface area contributed by atoms with Gasteiger partial charge in [-0.3, -0.25) is 4.57 Å². The lowest BCUT2D eigenvalue weighted by Crippen LogP contribution is -2.44. The Morgan fingerprint density at radius 2 is 1.92 bits per heavy atom. The molecule has 0 bridgehead atoms. The Morgan fingerprint density at radius 1 is 1.11 bits per heavy atom. The van der Waals surface area contributed by atoms with Gasteiger partial charge in [-0.1, -0.05) is 11.2 Å². The standard InChI is InChI=1S/C25H32N6O4S/c1-4-31-24(18(2)28-36(32,33)22-8-9-23-19(16-22)10-15-34-23)26-27-25(31)35-21-7-5-6-20(17-21)30-13-11-29(3)12-14-30/h5-9,16-18,28H,4,10-15H2,1-3H3/t18-/m1/s1. The highest BCUT2D eigenvalue weighted by molar-refractivity contribution is 7.89. The average Bonchev–Trinajstić information content (AvgIpc) is 3.50. The van der Waals surface area contributed by atoms with E-state index in [9.17, 15) is 8.42 Å². The summed E-state index contributed by atoms with van der Waals surface area (Å²) in [6.45, 7) is 8.76.